The molecule has 3 rings (SSSR count). The number of ether oxygens (including phenoxy) is 1. The van der Waals surface area contributed by atoms with E-state index in [-0.39, 0.29) is 19.1 Å². The molecule has 1 heterocycles. The molecule has 1 aliphatic heterocycles. The second-order valence-corrected chi connectivity index (χ2v) is 7.61. The van der Waals surface area contributed by atoms with Gasteiger partial charge in [-0.2, -0.15) is 13.2 Å². The first kappa shape index (κ1) is 23.6. The average molecular weight is 448 g/mol. The first-order chi connectivity index (χ1) is 15.4. The van der Waals surface area contributed by atoms with Crippen LogP contribution in [0.2, 0.25) is 0 Å². The molecule has 8 heteroatoms. The van der Waals surface area contributed by atoms with Crippen molar-refractivity contribution in [2.75, 3.05) is 19.7 Å². The number of hydrogen-bond donors (Lipinski definition) is 0. The number of halogens is 3. The third-order valence-electron chi connectivity index (χ3n) is 5.28. The van der Waals surface area contributed by atoms with E-state index in [1.165, 1.54) is 18.6 Å². The van der Waals surface area contributed by atoms with Gasteiger partial charge in [0, 0.05) is 13.1 Å². The van der Waals surface area contributed by atoms with Crippen LogP contribution in [0.25, 0.3) is 0 Å². The van der Waals surface area contributed by atoms with Crippen molar-refractivity contribution in [3.8, 4) is 5.75 Å². The number of likely N-dealkylation sites (tertiary alicyclic amines) is 1. The molecule has 1 amide bonds. The lowest BCUT2D eigenvalue weighted by Crippen LogP contribution is -2.38. The molecular weight excluding hydrogens is 421 g/mol. The maximum absolute atomic E-state index is 12.6. The molecule has 2 aromatic rings. The van der Waals surface area contributed by atoms with E-state index >= 15 is 0 Å². The van der Waals surface area contributed by atoms with E-state index < -0.39 is 11.7 Å². The summed E-state index contributed by atoms with van der Waals surface area (Å²) in [5.41, 5.74) is 1.45. The van der Waals surface area contributed by atoms with Crippen molar-refractivity contribution in [2.45, 2.75) is 45.4 Å². The number of nitrogens with zero attached hydrogens (tertiary/aromatic N) is 2. The van der Waals surface area contributed by atoms with Crippen LogP contribution in [0.4, 0.5) is 13.2 Å². The van der Waals surface area contributed by atoms with E-state index in [0.29, 0.717) is 23.4 Å². The van der Waals surface area contributed by atoms with Gasteiger partial charge in [0.05, 0.1) is 11.3 Å². The van der Waals surface area contributed by atoms with E-state index in [2.05, 4.69) is 5.16 Å². The summed E-state index contributed by atoms with van der Waals surface area (Å²) in [4.78, 5) is 19.4. The van der Waals surface area contributed by atoms with Gasteiger partial charge in [-0.3, -0.25) is 4.79 Å². The summed E-state index contributed by atoms with van der Waals surface area (Å²) in [6.07, 6.45) is -0.493. The van der Waals surface area contributed by atoms with Gasteiger partial charge in [-0.15, -0.1) is 0 Å². The van der Waals surface area contributed by atoms with Crippen molar-refractivity contribution in [1.29, 1.82) is 0 Å². The van der Waals surface area contributed by atoms with Gasteiger partial charge >= 0.3 is 6.18 Å². The molecule has 1 saturated heterocycles. The fourth-order valence-electron chi connectivity index (χ4n) is 3.42. The number of carbonyl (C=O) groups is 1. The molecule has 0 unspecified atom stereocenters. The van der Waals surface area contributed by atoms with E-state index in [1.807, 2.05) is 24.0 Å². The summed E-state index contributed by atoms with van der Waals surface area (Å²) in [5, 5.41) is 4.14. The van der Waals surface area contributed by atoms with Gasteiger partial charge in [0.15, 0.2) is 6.61 Å². The van der Waals surface area contributed by atoms with Gasteiger partial charge in [0.1, 0.15) is 12.4 Å². The maximum Gasteiger partial charge on any atom is 0.416 e. The number of oxime groups is 1. The summed E-state index contributed by atoms with van der Waals surface area (Å²) < 4.78 is 43.5. The lowest BCUT2D eigenvalue weighted by Gasteiger charge is -2.26. The summed E-state index contributed by atoms with van der Waals surface area (Å²) in [5.74, 6) is 0.599. The van der Waals surface area contributed by atoms with Crippen molar-refractivity contribution in [1.82, 2.24) is 4.90 Å². The van der Waals surface area contributed by atoms with E-state index in [1.54, 1.807) is 12.1 Å². The fraction of sp³-hybridized carbons (Fsp3) is 0.417. The van der Waals surface area contributed by atoms with Crippen LogP contribution in [0.5, 0.6) is 5.75 Å². The Morgan fingerprint density at radius 1 is 1.00 bits per heavy atom. The van der Waals surface area contributed by atoms with Gasteiger partial charge in [0.25, 0.3) is 5.91 Å². The highest BCUT2D eigenvalue weighted by atomic mass is 19.4. The molecule has 172 valence electrons. The molecule has 2 aromatic carbocycles. The summed E-state index contributed by atoms with van der Waals surface area (Å²) in [7, 11) is 0. The number of hydrogen-bond acceptors (Lipinski definition) is 4. The van der Waals surface area contributed by atoms with Crippen molar-refractivity contribution >= 4 is 11.6 Å². The lowest BCUT2D eigenvalue weighted by molar-refractivity contribution is -0.137. The third-order valence-corrected chi connectivity index (χ3v) is 5.28. The van der Waals surface area contributed by atoms with Gasteiger partial charge in [-0.05, 0) is 73.2 Å². The monoisotopic (exact) mass is 448 g/mol. The number of amides is 1. The second-order valence-electron chi connectivity index (χ2n) is 7.61. The Bertz CT molecular complexity index is 904. The molecule has 1 aliphatic rings. The van der Waals surface area contributed by atoms with Crippen molar-refractivity contribution in [3.05, 3.63) is 65.2 Å². The first-order valence-electron chi connectivity index (χ1n) is 10.7. The molecule has 0 aromatic heterocycles. The van der Waals surface area contributed by atoms with E-state index in [0.717, 1.165) is 43.6 Å². The Morgan fingerprint density at radius 2 is 1.66 bits per heavy atom. The van der Waals surface area contributed by atoms with Crippen LogP contribution < -0.4 is 4.74 Å². The highest BCUT2D eigenvalue weighted by molar-refractivity contribution is 6.00. The third kappa shape index (κ3) is 6.73. The highest BCUT2D eigenvalue weighted by Gasteiger charge is 2.29. The Kier molecular flexibility index (Phi) is 8.14. The van der Waals surface area contributed by atoms with E-state index in [4.69, 9.17) is 9.57 Å². The number of alkyl halides is 3. The predicted molar refractivity (Wildman–Crippen MR) is 115 cm³/mol. The molecule has 0 spiro atoms. The summed E-state index contributed by atoms with van der Waals surface area (Å²) in [6, 6.07) is 12.0. The van der Waals surface area contributed by atoms with Crippen LogP contribution in [0.15, 0.2) is 53.7 Å². The Labute approximate surface area is 185 Å². The van der Waals surface area contributed by atoms with Gasteiger partial charge in [-0.25, -0.2) is 0 Å². The molecule has 1 fully saturated rings. The zero-order chi connectivity index (χ0) is 23.0. The van der Waals surface area contributed by atoms with Crippen LogP contribution in [0.1, 0.15) is 49.3 Å². The molecule has 5 nitrogen and oxygen atoms in total. The quantitative estimate of drug-likeness (QED) is 0.400. The Hall–Kier alpha value is -3.03. The van der Waals surface area contributed by atoms with Crippen molar-refractivity contribution in [3.63, 3.8) is 0 Å². The number of rotatable bonds is 8. The lowest BCUT2D eigenvalue weighted by atomic mass is 10.1. The van der Waals surface area contributed by atoms with Crippen molar-refractivity contribution in [2.24, 2.45) is 5.16 Å². The van der Waals surface area contributed by atoms with Crippen molar-refractivity contribution < 1.29 is 27.5 Å². The zero-order valence-electron chi connectivity index (χ0n) is 18.0. The SMILES string of the molecule is CCC(=NOCc1ccc(C(F)(F)F)cc1)c1ccc(OCC(=O)N2CCCCC2)cc1. The van der Waals surface area contributed by atoms with Crippen LogP contribution in [0, 0.1) is 0 Å². The molecule has 0 bridgehead atoms. The van der Waals surface area contributed by atoms with Gasteiger partial charge < -0.3 is 14.5 Å². The molecular formula is C24H27F3N2O3. The van der Waals surface area contributed by atoms with Gasteiger partial charge in [0.2, 0.25) is 0 Å². The minimum absolute atomic E-state index is 0.00116. The normalized spacial score (nSPS) is 14.9. The summed E-state index contributed by atoms with van der Waals surface area (Å²) >= 11 is 0. The molecule has 32 heavy (non-hydrogen) atoms. The number of carbonyl (C=O) groups excluding carboxylic acids is 1. The molecule has 0 aliphatic carbocycles. The average Bonchev–Trinajstić information content (AvgIpc) is 2.81. The smallest absolute Gasteiger partial charge is 0.416 e. The largest absolute Gasteiger partial charge is 0.484 e. The van der Waals surface area contributed by atoms with Crippen LogP contribution >= 0.6 is 0 Å². The minimum atomic E-state index is -4.36. The Morgan fingerprint density at radius 3 is 2.25 bits per heavy atom. The summed E-state index contributed by atoms with van der Waals surface area (Å²) in [6.45, 7) is 3.61. The van der Waals surface area contributed by atoms with Crippen LogP contribution in [0.3, 0.4) is 0 Å². The van der Waals surface area contributed by atoms with Crippen LogP contribution in [-0.4, -0.2) is 36.2 Å². The maximum atomic E-state index is 12.6. The zero-order valence-corrected chi connectivity index (χ0v) is 18.0. The van der Waals surface area contributed by atoms with Gasteiger partial charge in [-0.1, -0.05) is 24.2 Å². The molecule has 0 saturated carbocycles. The number of piperidine rings is 1. The molecule has 0 atom stereocenters. The predicted octanol–water partition coefficient (Wildman–Crippen LogP) is 5.43. The Balaban J connectivity index is 1.51. The number of benzene rings is 2. The molecule has 0 radical (unpaired) electrons. The molecule has 0 N–H and O–H groups in total. The van der Waals surface area contributed by atoms with E-state index in [9.17, 15) is 18.0 Å². The van der Waals surface area contributed by atoms with Crippen LogP contribution in [-0.2, 0) is 22.4 Å². The highest BCUT2D eigenvalue weighted by Crippen LogP contribution is 2.29. The first-order valence-corrected chi connectivity index (χ1v) is 10.7. The standard InChI is InChI=1S/C24H27F3N2O3/c1-2-22(28-32-16-18-6-10-20(11-7-18)24(25,26)27)19-8-12-21(13-9-19)31-17-23(30)29-14-4-3-5-15-29/h6-13H,2-5,14-17H2,1H3. The topological polar surface area (TPSA) is 51.1 Å². The second kappa shape index (κ2) is 11.0. The minimum Gasteiger partial charge on any atom is -0.484 e. The fourth-order valence-corrected chi connectivity index (χ4v) is 3.42.